The van der Waals surface area contributed by atoms with Crippen LogP contribution in [0.2, 0.25) is 0 Å². The van der Waals surface area contributed by atoms with E-state index in [1.807, 2.05) is 6.92 Å². The molecule has 2 aromatic rings. The molecule has 0 fully saturated rings. The molecule has 1 aliphatic carbocycles. The third kappa shape index (κ3) is 2.50. The molecule has 0 atom stereocenters. The molecule has 2 aromatic carbocycles. The summed E-state index contributed by atoms with van der Waals surface area (Å²) in [5.41, 5.74) is 7.80. The highest BCUT2D eigenvalue weighted by atomic mass is 16.1. The Kier molecular flexibility index (Phi) is 4.01. The van der Waals surface area contributed by atoms with Crippen molar-refractivity contribution in [1.82, 2.24) is 0 Å². The summed E-state index contributed by atoms with van der Waals surface area (Å²) in [7, 11) is 0. The zero-order valence-corrected chi connectivity index (χ0v) is 13.2. The smallest absolute Gasteiger partial charge is 0.205 e. The standard InChI is InChI=1S/C20H15NO3/c1-2-5-13(22)10-8-12-9-11-16-17(18(12)21)20(24)15-7-4-3-6-14(15)19(16)23/h3-4,6-7,9,11H,2,5,21H2,1H3. The summed E-state index contributed by atoms with van der Waals surface area (Å²) in [5.74, 6) is 4.55. The summed E-state index contributed by atoms with van der Waals surface area (Å²) in [5, 5.41) is 0. The number of carbonyl (C=O) groups is 3. The van der Waals surface area contributed by atoms with Crippen molar-refractivity contribution in [2.24, 2.45) is 0 Å². The lowest BCUT2D eigenvalue weighted by Gasteiger charge is -2.19. The Balaban J connectivity index is 2.11. The van der Waals surface area contributed by atoms with E-state index in [1.165, 1.54) is 0 Å². The Morgan fingerprint density at radius 3 is 2.33 bits per heavy atom. The minimum absolute atomic E-state index is 0.150. The first-order valence-electron chi connectivity index (χ1n) is 7.70. The van der Waals surface area contributed by atoms with Crippen LogP contribution in [0.1, 0.15) is 57.2 Å². The van der Waals surface area contributed by atoms with Gasteiger partial charge in [0.2, 0.25) is 5.78 Å². The van der Waals surface area contributed by atoms with Gasteiger partial charge in [0.25, 0.3) is 0 Å². The maximum absolute atomic E-state index is 12.7. The minimum Gasteiger partial charge on any atom is -0.397 e. The number of hydrogen-bond acceptors (Lipinski definition) is 4. The zero-order valence-electron chi connectivity index (χ0n) is 13.2. The number of nitrogen functional groups attached to an aromatic ring is 1. The summed E-state index contributed by atoms with van der Waals surface area (Å²) in [6.07, 6.45) is 1.10. The Hall–Kier alpha value is -3.19. The van der Waals surface area contributed by atoms with Crippen LogP contribution in [0.3, 0.4) is 0 Å². The van der Waals surface area contributed by atoms with Crippen LogP contribution in [0, 0.1) is 11.8 Å². The van der Waals surface area contributed by atoms with Crippen LogP contribution in [0.15, 0.2) is 36.4 Å². The maximum Gasteiger partial charge on any atom is 0.205 e. The Labute approximate surface area is 139 Å². The zero-order chi connectivity index (χ0) is 17.3. The van der Waals surface area contributed by atoms with E-state index in [1.54, 1.807) is 36.4 Å². The summed E-state index contributed by atoms with van der Waals surface area (Å²) >= 11 is 0. The maximum atomic E-state index is 12.7. The second kappa shape index (κ2) is 6.13. The molecule has 118 valence electrons. The van der Waals surface area contributed by atoms with E-state index >= 15 is 0 Å². The number of carbonyl (C=O) groups excluding carboxylic acids is 3. The largest absolute Gasteiger partial charge is 0.397 e. The Morgan fingerprint density at radius 1 is 1.00 bits per heavy atom. The molecule has 0 bridgehead atoms. The molecule has 0 unspecified atom stereocenters. The van der Waals surface area contributed by atoms with E-state index < -0.39 is 0 Å². The summed E-state index contributed by atoms with van der Waals surface area (Å²) in [4.78, 5) is 36.9. The van der Waals surface area contributed by atoms with Crippen LogP contribution < -0.4 is 5.73 Å². The highest BCUT2D eigenvalue weighted by molar-refractivity contribution is 6.30. The molecule has 0 spiro atoms. The average Bonchev–Trinajstić information content (AvgIpc) is 2.59. The molecule has 0 aliphatic heterocycles. The molecule has 0 amide bonds. The molecular formula is C20H15NO3. The first-order chi connectivity index (χ1) is 11.5. The number of Topliss-reactive ketones (excluding diaryl/α,β-unsaturated/α-hetero) is 1. The predicted octanol–water partition coefficient (Wildman–Crippen LogP) is 2.76. The quantitative estimate of drug-likeness (QED) is 0.582. The van der Waals surface area contributed by atoms with Gasteiger partial charge in [0.1, 0.15) is 0 Å². The fourth-order valence-electron chi connectivity index (χ4n) is 2.75. The SMILES string of the molecule is CCCC(=O)C#Cc1ccc2c(c1N)C(=O)c1ccccc1C2=O. The number of anilines is 1. The van der Waals surface area contributed by atoms with Gasteiger partial charge in [-0.2, -0.15) is 0 Å². The third-order valence-electron chi connectivity index (χ3n) is 3.95. The van der Waals surface area contributed by atoms with Gasteiger partial charge >= 0.3 is 0 Å². The number of benzene rings is 2. The van der Waals surface area contributed by atoms with Gasteiger partial charge in [-0.1, -0.05) is 37.1 Å². The molecule has 0 saturated heterocycles. The van der Waals surface area contributed by atoms with E-state index in [4.69, 9.17) is 5.73 Å². The molecule has 0 heterocycles. The molecule has 4 nitrogen and oxygen atoms in total. The lowest BCUT2D eigenvalue weighted by Crippen LogP contribution is -2.22. The van der Waals surface area contributed by atoms with E-state index in [-0.39, 0.29) is 34.2 Å². The second-order valence-electron chi connectivity index (χ2n) is 5.58. The number of nitrogens with two attached hydrogens (primary N) is 1. The summed E-state index contributed by atoms with van der Waals surface area (Å²) in [6.45, 7) is 1.90. The van der Waals surface area contributed by atoms with Crippen LogP contribution in [0.25, 0.3) is 0 Å². The highest BCUT2D eigenvalue weighted by Crippen LogP contribution is 2.32. The van der Waals surface area contributed by atoms with Crippen molar-refractivity contribution < 1.29 is 14.4 Å². The minimum atomic E-state index is -0.291. The topological polar surface area (TPSA) is 77.2 Å². The van der Waals surface area contributed by atoms with Gasteiger partial charge in [0.15, 0.2) is 11.6 Å². The molecule has 3 rings (SSSR count). The number of fused-ring (bicyclic) bond motifs is 2. The third-order valence-corrected chi connectivity index (χ3v) is 3.95. The van der Waals surface area contributed by atoms with Crippen LogP contribution in [-0.4, -0.2) is 17.3 Å². The monoisotopic (exact) mass is 317 g/mol. The van der Waals surface area contributed by atoms with Crippen LogP contribution >= 0.6 is 0 Å². The Morgan fingerprint density at radius 2 is 1.67 bits per heavy atom. The lowest BCUT2D eigenvalue weighted by molar-refractivity contribution is -0.113. The van der Waals surface area contributed by atoms with Gasteiger partial charge in [0, 0.05) is 28.7 Å². The van der Waals surface area contributed by atoms with Crippen molar-refractivity contribution in [3.63, 3.8) is 0 Å². The summed E-state index contributed by atoms with van der Waals surface area (Å²) in [6, 6.07) is 9.80. The predicted molar refractivity (Wildman–Crippen MR) is 91.0 cm³/mol. The summed E-state index contributed by atoms with van der Waals surface area (Å²) < 4.78 is 0. The van der Waals surface area contributed by atoms with Gasteiger partial charge in [-0.25, -0.2) is 0 Å². The second-order valence-corrected chi connectivity index (χ2v) is 5.58. The van der Waals surface area contributed by atoms with Crippen LogP contribution in [0.4, 0.5) is 5.69 Å². The fraction of sp³-hybridized carbons (Fsp3) is 0.150. The highest BCUT2D eigenvalue weighted by Gasteiger charge is 2.31. The fourth-order valence-corrected chi connectivity index (χ4v) is 2.75. The number of rotatable bonds is 2. The normalized spacial score (nSPS) is 12.0. The first-order valence-corrected chi connectivity index (χ1v) is 7.70. The van der Waals surface area contributed by atoms with Crippen molar-refractivity contribution in [1.29, 1.82) is 0 Å². The van der Waals surface area contributed by atoms with Gasteiger partial charge in [-0.05, 0) is 24.5 Å². The Bertz CT molecular complexity index is 945. The van der Waals surface area contributed by atoms with Gasteiger partial charge < -0.3 is 5.73 Å². The lowest BCUT2D eigenvalue weighted by atomic mass is 9.82. The molecule has 0 aromatic heterocycles. The van der Waals surface area contributed by atoms with E-state index in [2.05, 4.69) is 11.8 Å². The van der Waals surface area contributed by atoms with Crippen LogP contribution in [-0.2, 0) is 4.79 Å². The van der Waals surface area contributed by atoms with Gasteiger partial charge in [-0.3, -0.25) is 14.4 Å². The van der Waals surface area contributed by atoms with Gasteiger partial charge in [-0.15, -0.1) is 0 Å². The molecule has 1 aliphatic rings. The first kappa shape index (κ1) is 15.7. The van der Waals surface area contributed by atoms with E-state index in [0.29, 0.717) is 23.1 Å². The molecule has 0 saturated carbocycles. The molecular weight excluding hydrogens is 302 g/mol. The van der Waals surface area contributed by atoms with E-state index in [0.717, 1.165) is 6.42 Å². The number of hydrogen-bond donors (Lipinski definition) is 1. The van der Waals surface area contributed by atoms with Crippen molar-refractivity contribution in [3.8, 4) is 11.8 Å². The molecule has 2 N–H and O–H groups in total. The molecule has 4 heteroatoms. The average molecular weight is 317 g/mol. The van der Waals surface area contributed by atoms with E-state index in [9.17, 15) is 14.4 Å². The van der Waals surface area contributed by atoms with Crippen molar-refractivity contribution in [2.75, 3.05) is 5.73 Å². The van der Waals surface area contributed by atoms with Crippen molar-refractivity contribution in [3.05, 3.63) is 64.2 Å². The molecule has 0 radical (unpaired) electrons. The number of ketones is 3. The van der Waals surface area contributed by atoms with Crippen molar-refractivity contribution in [2.45, 2.75) is 19.8 Å². The van der Waals surface area contributed by atoms with Crippen LogP contribution in [0.5, 0.6) is 0 Å². The van der Waals surface area contributed by atoms with Crippen molar-refractivity contribution >= 4 is 23.0 Å². The van der Waals surface area contributed by atoms with Gasteiger partial charge in [0.05, 0.1) is 11.3 Å². The molecule has 24 heavy (non-hydrogen) atoms.